The van der Waals surface area contributed by atoms with Crippen molar-refractivity contribution in [3.8, 4) is 5.75 Å². The molecule has 1 aromatic carbocycles. The van der Waals surface area contributed by atoms with Gasteiger partial charge in [0.25, 0.3) is 16.8 Å². The molecule has 5 rings (SSSR count). The maximum absolute atomic E-state index is 12.7. The van der Waals surface area contributed by atoms with Gasteiger partial charge in [0.15, 0.2) is 11.4 Å². The van der Waals surface area contributed by atoms with Crippen molar-refractivity contribution >= 4 is 23.0 Å². The Morgan fingerprint density at radius 3 is 2.65 bits per heavy atom. The summed E-state index contributed by atoms with van der Waals surface area (Å²) in [5.41, 5.74) is -0.224. The topological polar surface area (TPSA) is 125 Å². The fourth-order valence-corrected chi connectivity index (χ4v) is 4.68. The van der Waals surface area contributed by atoms with E-state index in [1.165, 1.54) is 12.3 Å². The zero-order chi connectivity index (χ0) is 24.4. The van der Waals surface area contributed by atoms with Crippen LogP contribution in [0.4, 0.5) is 17.1 Å². The van der Waals surface area contributed by atoms with Crippen molar-refractivity contribution in [1.29, 1.82) is 0 Å². The fourth-order valence-electron chi connectivity index (χ4n) is 4.68. The van der Waals surface area contributed by atoms with Crippen molar-refractivity contribution in [2.24, 2.45) is 5.41 Å². The molecule has 34 heavy (non-hydrogen) atoms. The minimum Gasteiger partial charge on any atom is -0.504 e. The van der Waals surface area contributed by atoms with Gasteiger partial charge in [0.2, 0.25) is 0 Å². The molecule has 1 amide bonds. The van der Waals surface area contributed by atoms with Gasteiger partial charge in [0.05, 0.1) is 11.7 Å². The lowest BCUT2D eigenvalue weighted by Gasteiger charge is -2.38. The fraction of sp³-hybridized carbons (Fsp3) is 0.440. The molecule has 2 aliphatic rings. The van der Waals surface area contributed by atoms with Gasteiger partial charge in [-0.2, -0.15) is 0 Å². The van der Waals surface area contributed by atoms with Gasteiger partial charge in [-0.25, -0.2) is 4.98 Å². The van der Waals surface area contributed by atoms with Crippen LogP contribution >= 0.6 is 0 Å². The van der Waals surface area contributed by atoms with Crippen LogP contribution < -0.4 is 21.5 Å². The Labute approximate surface area is 196 Å². The molecule has 0 saturated heterocycles. The second-order valence-electron chi connectivity index (χ2n) is 10.0. The van der Waals surface area contributed by atoms with Gasteiger partial charge in [-0.3, -0.25) is 14.4 Å². The first-order chi connectivity index (χ1) is 16.1. The molecule has 9 heteroatoms. The predicted molar refractivity (Wildman–Crippen MR) is 128 cm³/mol. The van der Waals surface area contributed by atoms with Crippen LogP contribution in [-0.2, 0) is 6.42 Å². The van der Waals surface area contributed by atoms with Gasteiger partial charge in [0, 0.05) is 19.3 Å². The van der Waals surface area contributed by atoms with E-state index in [0.717, 1.165) is 42.8 Å². The molecule has 1 atom stereocenters. The SMILES string of the molecule is Cc1cc2c(o1)C(Nc1c(Nc3ccnc(C(=O)N(C)C4CC4)c3O)c(=O)c1=O)C(C)(C)CC2. The van der Waals surface area contributed by atoms with Crippen LogP contribution in [0.2, 0.25) is 0 Å². The lowest BCUT2D eigenvalue weighted by Crippen LogP contribution is -2.41. The van der Waals surface area contributed by atoms with Crippen LogP contribution in [0.25, 0.3) is 0 Å². The smallest absolute Gasteiger partial charge is 0.276 e. The molecule has 9 nitrogen and oxygen atoms in total. The molecule has 2 aromatic heterocycles. The predicted octanol–water partition coefficient (Wildman–Crippen LogP) is 3.39. The highest BCUT2D eigenvalue weighted by Gasteiger charge is 2.40. The number of nitrogens with zero attached hydrogens (tertiary/aromatic N) is 2. The summed E-state index contributed by atoms with van der Waals surface area (Å²) in [7, 11) is 1.68. The second-order valence-corrected chi connectivity index (χ2v) is 10.0. The number of pyridine rings is 1. The van der Waals surface area contributed by atoms with Crippen LogP contribution in [-0.4, -0.2) is 34.0 Å². The molecule has 0 spiro atoms. The Morgan fingerprint density at radius 1 is 1.24 bits per heavy atom. The second kappa shape index (κ2) is 7.72. The zero-order valence-electron chi connectivity index (χ0n) is 19.7. The van der Waals surface area contributed by atoms with Crippen molar-refractivity contribution in [2.75, 3.05) is 17.7 Å². The summed E-state index contributed by atoms with van der Waals surface area (Å²) in [6, 6.07) is 3.32. The zero-order valence-corrected chi connectivity index (χ0v) is 19.7. The summed E-state index contributed by atoms with van der Waals surface area (Å²) in [5, 5.41) is 16.8. The molecule has 1 unspecified atom stereocenters. The summed E-state index contributed by atoms with van der Waals surface area (Å²) in [4.78, 5) is 43.3. The molecular formula is C25H28N4O5. The average Bonchev–Trinajstić information content (AvgIpc) is 3.58. The third kappa shape index (κ3) is 3.55. The third-order valence-corrected chi connectivity index (χ3v) is 7.05. The number of fused-ring (bicyclic) bond motifs is 1. The molecule has 0 bridgehead atoms. The van der Waals surface area contributed by atoms with Crippen LogP contribution in [0.5, 0.6) is 5.75 Å². The van der Waals surface area contributed by atoms with E-state index >= 15 is 0 Å². The standard InChI is InChI=1S/C25H28N4O5/c1-12-11-13-7-9-25(2,3)23(22(13)34-12)28-17-16(20(31)21(17)32)27-15-8-10-26-18(19(15)30)24(33)29(4)14-5-6-14/h8,10-11,14,23,28,30H,5-7,9H2,1-4H3,(H,26,27). The Hall–Kier alpha value is -3.62. The van der Waals surface area contributed by atoms with Gasteiger partial charge in [-0.1, -0.05) is 13.8 Å². The van der Waals surface area contributed by atoms with E-state index in [-0.39, 0.29) is 46.0 Å². The number of carbonyl (C=O) groups is 1. The van der Waals surface area contributed by atoms with Crippen LogP contribution in [0, 0.1) is 12.3 Å². The van der Waals surface area contributed by atoms with Crippen molar-refractivity contribution in [1.82, 2.24) is 9.88 Å². The highest BCUT2D eigenvalue weighted by atomic mass is 16.3. The van der Waals surface area contributed by atoms with Crippen molar-refractivity contribution in [3.05, 3.63) is 61.6 Å². The number of aromatic hydroxyl groups is 1. The van der Waals surface area contributed by atoms with Gasteiger partial charge in [-0.15, -0.1) is 0 Å². The minimum absolute atomic E-state index is 0.0478. The van der Waals surface area contributed by atoms with E-state index in [1.54, 1.807) is 11.9 Å². The molecule has 1 fully saturated rings. The molecule has 3 N–H and O–H groups in total. The summed E-state index contributed by atoms with van der Waals surface area (Å²) >= 11 is 0. The van der Waals surface area contributed by atoms with Crippen molar-refractivity contribution in [3.63, 3.8) is 0 Å². The molecule has 3 aromatic rings. The van der Waals surface area contributed by atoms with Gasteiger partial charge in [0.1, 0.15) is 22.9 Å². The van der Waals surface area contributed by atoms with E-state index < -0.39 is 16.8 Å². The number of carbonyl (C=O) groups excluding carboxylic acids is 1. The number of amides is 1. The van der Waals surface area contributed by atoms with E-state index in [2.05, 4.69) is 29.5 Å². The Balaban J connectivity index is 1.45. The Morgan fingerprint density at radius 2 is 1.94 bits per heavy atom. The van der Waals surface area contributed by atoms with Gasteiger partial charge < -0.3 is 25.1 Å². The van der Waals surface area contributed by atoms with Crippen molar-refractivity contribution < 1.29 is 14.3 Å². The maximum Gasteiger partial charge on any atom is 0.276 e. The number of aryl methyl sites for hydroxylation is 2. The van der Waals surface area contributed by atoms with E-state index in [1.807, 2.05) is 13.0 Å². The first kappa shape index (κ1) is 22.2. The summed E-state index contributed by atoms with van der Waals surface area (Å²) in [6.07, 6.45) is 5.00. The van der Waals surface area contributed by atoms with E-state index in [4.69, 9.17) is 4.42 Å². The van der Waals surface area contributed by atoms with Gasteiger partial charge >= 0.3 is 0 Å². The molecule has 1 saturated carbocycles. The number of aromatic nitrogens is 1. The van der Waals surface area contributed by atoms with Gasteiger partial charge in [-0.05, 0) is 55.7 Å². The molecule has 178 valence electrons. The average molecular weight is 465 g/mol. The molecular weight excluding hydrogens is 436 g/mol. The van der Waals surface area contributed by atoms with Crippen LogP contribution in [0.15, 0.2) is 32.3 Å². The summed E-state index contributed by atoms with van der Waals surface area (Å²) in [6.45, 7) is 6.07. The van der Waals surface area contributed by atoms with E-state index in [0.29, 0.717) is 0 Å². The first-order valence-electron chi connectivity index (χ1n) is 11.5. The van der Waals surface area contributed by atoms with Crippen molar-refractivity contribution in [2.45, 2.75) is 58.5 Å². The molecule has 0 aliphatic heterocycles. The summed E-state index contributed by atoms with van der Waals surface area (Å²) in [5.74, 6) is 0.820. The summed E-state index contributed by atoms with van der Waals surface area (Å²) < 4.78 is 5.96. The van der Waals surface area contributed by atoms with Crippen LogP contribution in [0.1, 0.15) is 66.7 Å². The number of rotatable bonds is 6. The number of hydrogen-bond donors (Lipinski definition) is 3. The number of nitrogens with one attached hydrogen (secondary N) is 2. The Kier molecular flexibility index (Phi) is 5.03. The monoisotopic (exact) mass is 464 g/mol. The lowest BCUT2D eigenvalue weighted by atomic mass is 9.73. The van der Waals surface area contributed by atoms with E-state index in [9.17, 15) is 19.5 Å². The molecule has 2 heterocycles. The molecule has 0 radical (unpaired) electrons. The molecule has 2 aliphatic carbocycles. The highest BCUT2D eigenvalue weighted by molar-refractivity contribution is 5.97. The third-order valence-electron chi connectivity index (χ3n) is 7.05. The normalized spacial score (nSPS) is 19.0. The number of hydrogen-bond acceptors (Lipinski definition) is 8. The Bertz CT molecular complexity index is 1360. The number of anilines is 3. The minimum atomic E-state index is -0.689. The number of furan rings is 1. The maximum atomic E-state index is 12.7. The van der Waals surface area contributed by atoms with Crippen LogP contribution in [0.3, 0.4) is 0 Å². The first-order valence-corrected chi connectivity index (χ1v) is 11.5. The lowest BCUT2D eigenvalue weighted by molar-refractivity contribution is 0.0776. The quantitative estimate of drug-likeness (QED) is 0.474. The highest BCUT2D eigenvalue weighted by Crippen LogP contribution is 2.47. The largest absolute Gasteiger partial charge is 0.504 e.